The Bertz CT molecular complexity index is 669. The van der Waals surface area contributed by atoms with Gasteiger partial charge < -0.3 is 10.6 Å². The van der Waals surface area contributed by atoms with Crippen molar-refractivity contribution in [1.29, 1.82) is 5.26 Å². The molecule has 4 heteroatoms. The summed E-state index contributed by atoms with van der Waals surface area (Å²) in [5.74, 6) is -0.178. The van der Waals surface area contributed by atoms with E-state index in [1.807, 2.05) is 31.2 Å². The molecule has 20 heavy (non-hydrogen) atoms. The SMILES string of the molecule is CNc1ccc(C)cc1C(=O)Nc1ccc(C#N)cc1. The van der Waals surface area contributed by atoms with E-state index in [9.17, 15) is 4.79 Å². The smallest absolute Gasteiger partial charge is 0.257 e. The third kappa shape index (κ3) is 2.96. The number of carbonyl (C=O) groups is 1. The highest BCUT2D eigenvalue weighted by Gasteiger charge is 2.11. The minimum Gasteiger partial charge on any atom is -0.387 e. The lowest BCUT2D eigenvalue weighted by Gasteiger charge is -2.10. The molecule has 0 aliphatic rings. The topological polar surface area (TPSA) is 64.9 Å². The molecule has 1 amide bonds. The molecule has 0 heterocycles. The van der Waals surface area contributed by atoms with Crippen LogP contribution in [0.2, 0.25) is 0 Å². The normalized spacial score (nSPS) is 9.65. The van der Waals surface area contributed by atoms with E-state index in [1.165, 1.54) is 0 Å². The molecular formula is C16H15N3O. The van der Waals surface area contributed by atoms with Crippen molar-refractivity contribution in [3.8, 4) is 6.07 Å². The summed E-state index contributed by atoms with van der Waals surface area (Å²) in [5, 5.41) is 14.6. The summed E-state index contributed by atoms with van der Waals surface area (Å²) < 4.78 is 0. The molecular weight excluding hydrogens is 250 g/mol. The van der Waals surface area contributed by atoms with Crippen LogP contribution in [0.15, 0.2) is 42.5 Å². The zero-order valence-corrected chi connectivity index (χ0v) is 11.4. The number of carbonyl (C=O) groups excluding carboxylic acids is 1. The van der Waals surface area contributed by atoms with Gasteiger partial charge in [-0.1, -0.05) is 11.6 Å². The summed E-state index contributed by atoms with van der Waals surface area (Å²) in [4.78, 5) is 12.3. The first-order valence-corrected chi connectivity index (χ1v) is 6.24. The van der Waals surface area contributed by atoms with Crippen molar-refractivity contribution in [2.24, 2.45) is 0 Å². The van der Waals surface area contributed by atoms with Gasteiger partial charge in [0.2, 0.25) is 0 Å². The van der Waals surface area contributed by atoms with E-state index in [0.717, 1.165) is 11.3 Å². The number of hydrogen-bond donors (Lipinski definition) is 2. The zero-order chi connectivity index (χ0) is 14.5. The maximum atomic E-state index is 12.3. The Morgan fingerprint density at radius 2 is 1.85 bits per heavy atom. The Balaban J connectivity index is 2.23. The van der Waals surface area contributed by atoms with Gasteiger partial charge in [0.1, 0.15) is 0 Å². The third-order valence-electron chi connectivity index (χ3n) is 2.96. The Labute approximate surface area is 118 Å². The van der Waals surface area contributed by atoms with Gasteiger partial charge in [-0.25, -0.2) is 0 Å². The molecule has 0 aliphatic heterocycles. The van der Waals surface area contributed by atoms with E-state index in [1.54, 1.807) is 31.3 Å². The first-order chi connectivity index (χ1) is 9.63. The predicted molar refractivity (Wildman–Crippen MR) is 79.8 cm³/mol. The van der Waals surface area contributed by atoms with Gasteiger partial charge in [-0.15, -0.1) is 0 Å². The van der Waals surface area contributed by atoms with Gasteiger partial charge in [0, 0.05) is 18.4 Å². The molecule has 0 fully saturated rings. The quantitative estimate of drug-likeness (QED) is 0.896. The van der Waals surface area contributed by atoms with E-state index in [4.69, 9.17) is 5.26 Å². The molecule has 0 radical (unpaired) electrons. The highest BCUT2D eigenvalue weighted by molar-refractivity contribution is 6.08. The Morgan fingerprint density at radius 1 is 1.15 bits per heavy atom. The molecule has 0 atom stereocenters. The number of anilines is 2. The maximum Gasteiger partial charge on any atom is 0.257 e. The predicted octanol–water partition coefficient (Wildman–Crippen LogP) is 3.16. The summed E-state index contributed by atoms with van der Waals surface area (Å²) in [5.41, 5.74) is 3.62. The number of nitriles is 1. The fourth-order valence-electron chi connectivity index (χ4n) is 1.89. The van der Waals surface area contributed by atoms with Crippen molar-refractivity contribution >= 4 is 17.3 Å². The number of aryl methyl sites for hydroxylation is 1. The van der Waals surface area contributed by atoms with Crippen molar-refractivity contribution in [1.82, 2.24) is 0 Å². The number of nitrogens with zero attached hydrogens (tertiary/aromatic N) is 1. The molecule has 2 N–H and O–H groups in total. The molecule has 0 saturated carbocycles. The average Bonchev–Trinajstić information content (AvgIpc) is 2.48. The number of nitrogens with one attached hydrogen (secondary N) is 2. The molecule has 2 aromatic rings. The van der Waals surface area contributed by atoms with Gasteiger partial charge in [0.05, 0.1) is 17.2 Å². The fourth-order valence-corrected chi connectivity index (χ4v) is 1.89. The highest BCUT2D eigenvalue weighted by Crippen LogP contribution is 2.19. The van der Waals surface area contributed by atoms with E-state index in [0.29, 0.717) is 16.8 Å². The molecule has 4 nitrogen and oxygen atoms in total. The first kappa shape index (κ1) is 13.6. The Hall–Kier alpha value is -2.80. The van der Waals surface area contributed by atoms with E-state index >= 15 is 0 Å². The number of amides is 1. The van der Waals surface area contributed by atoms with Crippen LogP contribution in [-0.2, 0) is 0 Å². The van der Waals surface area contributed by atoms with Crippen molar-refractivity contribution < 1.29 is 4.79 Å². The second kappa shape index (κ2) is 5.89. The van der Waals surface area contributed by atoms with Gasteiger partial charge in [0.25, 0.3) is 5.91 Å². The van der Waals surface area contributed by atoms with E-state index < -0.39 is 0 Å². The van der Waals surface area contributed by atoms with Gasteiger partial charge in [-0.2, -0.15) is 5.26 Å². The summed E-state index contributed by atoms with van der Waals surface area (Å²) in [6.45, 7) is 1.94. The van der Waals surface area contributed by atoms with Crippen LogP contribution in [0.25, 0.3) is 0 Å². The molecule has 100 valence electrons. The average molecular weight is 265 g/mol. The summed E-state index contributed by atoms with van der Waals surface area (Å²) in [7, 11) is 1.78. The third-order valence-corrected chi connectivity index (χ3v) is 2.96. The maximum absolute atomic E-state index is 12.3. The minimum absolute atomic E-state index is 0.178. The molecule has 2 rings (SSSR count). The summed E-state index contributed by atoms with van der Waals surface area (Å²) in [6, 6.07) is 14.5. The van der Waals surface area contributed by atoms with Gasteiger partial charge >= 0.3 is 0 Å². The molecule has 0 aliphatic carbocycles. The lowest BCUT2D eigenvalue weighted by molar-refractivity contribution is 0.102. The van der Waals surface area contributed by atoms with Crippen LogP contribution < -0.4 is 10.6 Å². The number of benzene rings is 2. The van der Waals surface area contributed by atoms with Crippen LogP contribution in [-0.4, -0.2) is 13.0 Å². The van der Waals surface area contributed by atoms with Crippen molar-refractivity contribution in [2.45, 2.75) is 6.92 Å². The van der Waals surface area contributed by atoms with E-state index in [2.05, 4.69) is 10.6 Å². The fraction of sp³-hybridized carbons (Fsp3) is 0.125. The number of hydrogen-bond acceptors (Lipinski definition) is 3. The lowest BCUT2D eigenvalue weighted by atomic mass is 10.1. The largest absolute Gasteiger partial charge is 0.387 e. The monoisotopic (exact) mass is 265 g/mol. The second-order valence-corrected chi connectivity index (χ2v) is 4.44. The highest BCUT2D eigenvalue weighted by atomic mass is 16.1. The van der Waals surface area contributed by atoms with Crippen molar-refractivity contribution in [3.05, 3.63) is 59.2 Å². The van der Waals surface area contributed by atoms with Crippen LogP contribution in [0.5, 0.6) is 0 Å². The molecule has 0 saturated heterocycles. The molecule has 0 aromatic heterocycles. The summed E-state index contributed by atoms with van der Waals surface area (Å²) in [6.07, 6.45) is 0. The lowest BCUT2D eigenvalue weighted by Crippen LogP contribution is -2.14. The van der Waals surface area contributed by atoms with Crippen LogP contribution in [0.3, 0.4) is 0 Å². The van der Waals surface area contributed by atoms with Crippen molar-refractivity contribution in [3.63, 3.8) is 0 Å². The van der Waals surface area contributed by atoms with Crippen LogP contribution in [0.4, 0.5) is 11.4 Å². The first-order valence-electron chi connectivity index (χ1n) is 6.24. The molecule has 0 unspecified atom stereocenters. The minimum atomic E-state index is -0.178. The van der Waals surface area contributed by atoms with Gasteiger partial charge in [-0.05, 0) is 43.3 Å². The van der Waals surface area contributed by atoms with Crippen LogP contribution in [0.1, 0.15) is 21.5 Å². The van der Waals surface area contributed by atoms with Crippen molar-refractivity contribution in [2.75, 3.05) is 17.7 Å². The van der Waals surface area contributed by atoms with E-state index in [-0.39, 0.29) is 5.91 Å². The Morgan fingerprint density at radius 3 is 2.45 bits per heavy atom. The van der Waals surface area contributed by atoms with Crippen LogP contribution in [0, 0.1) is 18.3 Å². The Kier molecular flexibility index (Phi) is 4.02. The van der Waals surface area contributed by atoms with Crippen LogP contribution >= 0.6 is 0 Å². The van der Waals surface area contributed by atoms with Gasteiger partial charge in [0.15, 0.2) is 0 Å². The second-order valence-electron chi connectivity index (χ2n) is 4.44. The van der Waals surface area contributed by atoms with Gasteiger partial charge in [-0.3, -0.25) is 4.79 Å². The molecule has 0 bridgehead atoms. The molecule has 2 aromatic carbocycles. The number of rotatable bonds is 3. The summed E-state index contributed by atoms with van der Waals surface area (Å²) >= 11 is 0. The zero-order valence-electron chi connectivity index (χ0n) is 11.4. The molecule has 0 spiro atoms. The standard InChI is InChI=1S/C16H15N3O/c1-11-3-8-15(18-2)14(9-11)16(20)19-13-6-4-12(10-17)5-7-13/h3-9,18H,1-2H3,(H,19,20).